The highest BCUT2D eigenvalue weighted by molar-refractivity contribution is 6.36. The second kappa shape index (κ2) is 5.46. The molecule has 0 bridgehead atoms. The number of hydrogen-bond acceptors (Lipinski definition) is 3. The average molecular weight is 313 g/mol. The Kier molecular flexibility index (Phi) is 4.06. The molecule has 1 heterocycles. The molecule has 0 aliphatic rings. The molecular formula is C14H14Cl2N2O2. The van der Waals surface area contributed by atoms with Crippen molar-refractivity contribution >= 4 is 34.9 Å². The van der Waals surface area contributed by atoms with Crippen molar-refractivity contribution in [2.24, 2.45) is 0 Å². The summed E-state index contributed by atoms with van der Waals surface area (Å²) in [6.45, 7) is 5.98. The Hall–Kier alpha value is -1.52. The quantitative estimate of drug-likeness (QED) is 0.886. The van der Waals surface area contributed by atoms with E-state index in [-0.39, 0.29) is 11.3 Å². The maximum absolute atomic E-state index is 12.1. The van der Waals surface area contributed by atoms with Gasteiger partial charge < -0.3 is 9.84 Å². The second-order valence-electron chi connectivity index (χ2n) is 5.40. The third-order valence-corrected chi connectivity index (χ3v) is 3.23. The van der Waals surface area contributed by atoms with Crippen molar-refractivity contribution in [2.75, 3.05) is 5.32 Å². The number of carbonyl (C=O) groups excluding carboxylic acids is 1. The number of nitrogens with zero attached hydrogens (tertiary/aromatic N) is 1. The number of halogens is 2. The molecule has 0 fully saturated rings. The van der Waals surface area contributed by atoms with Gasteiger partial charge in [0.05, 0.1) is 10.6 Å². The van der Waals surface area contributed by atoms with Gasteiger partial charge in [0.1, 0.15) is 5.76 Å². The van der Waals surface area contributed by atoms with Crippen molar-refractivity contribution in [3.8, 4) is 0 Å². The maximum atomic E-state index is 12.1. The first kappa shape index (κ1) is 14.9. The van der Waals surface area contributed by atoms with Gasteiger partial charge in [0.15, 0.2) is 5.82 Å². The Balaban J connectivity index is 2.20. The van der Waals surface area contributed by atoms with Crippen LogP contribution in [0.4, 0.5) is 5.82 Å². The first-order chi connectivity index (χ1) is 9.27. The van der Waals surface area contributed by atoms with Crippen LogP contribution in [0.15, 0.2) is 28.8 Å². The van der Waals surface area contributed by atoms with E-state index >= 15 is 0 Å². The molecule has 1 aromatic carbocycles. The molecule has 0 aliphatic heterocycles. The summed E-state index contributed by atoms with van der Waals surface area (Å²) >= 11 is 11.8. The lowest BCUT2D eigenvalue weighted by molar-refractivity contribution is 0.102. The van der Waals surface area contributed by atoms with Crippen molar-refractivity contribution in [3.05, 3.63) is 45.6 Å². The van der Waals surface area contributed by atoms with Crippen LogP contribution in [-0.4, -0.2) is 11.1 Å². The molecule has 0 atom stereocenters. The zero-order chi connectivity index (χ0) is 14.9. The molecule has 0 radical (unpaired) electrons. The Morgan fingerprint density at radius 1 is 1.25 bits per heavy atom. The zero-order valence-corrected chi connectivity index (χ0v) is 12.8. The smallest absolute Gasteiger partial charge is 0.258 e. The van der Waals surface area contributed by atoms with Gasteiger partial charge in [0, 0.05) is 16.5 Å². The molecule has 106 valence electrons. The Morgan fingerprint density at radius 3 is 2.55 bits per heavy atom. The highest BCUT2D eigenvalue weighted by Gasteiger charge is 2.21. The van der Waals surface area contributed by atoms with Gasteiger partial charge in [0.2, 0.25) is 0 Å². The van der Waals surface area contributed by atoms with Gasteiger partial charge in [-0.15, -0.1) is 0 Å². The van der Waals surface area contributed by atoms with Crippen LogP contribution in [0, 0.1) is 0 Å². The molecule has 1 N–H and O–H groups in total. The molecule has 1 amide bonds. The summed E-state index contributed by atoms with van der Waals surface area (Å²) in [5.41, 5.74) is 0.114. The first-order valence-corrected chi connectivity index (χ1v) is 6.76. The van der Waals surface area contributed by atoms with E-state index in [0.717, 1.165) is 0 Å². The van der Waals surface area contributed by atoms with E-state index in [0.29, 0.717) is 27.2 Å². The molecule has 2 rings (SSSR count). The van der Waals surface area contributed by atoms with E-state index < -0.39 is 0 Å². The minimum Gasteiger partial charge on any atom is -0.359 e. The summed E-state index contributed by atoms with van der Waals surface area (Å²) in [4.78, 5) is 12.1. The van der Waals surface area contributed by atoms with Gasteiger partial charge >= 0.3 is 0 Å². The van der Waals surface area contributed by atoms with Gasteiger partial charge in [-0.05, 0) is 18.2 Å². The molecule has 20 heavy (non-hydrogen) atoms. The van der Waals surface area contributed by atoms with E-state index in [2.05, 4.69) is 10.5 Å². The predicted octanol–water partition coefficient (Wildman–Crippen LogP) is 4.53. The van der Waals surface area contributed by atoms with E-state index in [1.54, 1.807) is 18.2 Å². The lowest BCUT2D eigenvalue weighted by atomic mass is 9.93. The van der Waals surface area contributed by atoms with Gasteiger partial charge in [-0.2, -0.15) is 0 Å². The number of rotatable bonds is 2. The SMILES string of the molecule is CC(C)(C)c1cc(NC(=O)c2cc(Cl)ccc2Cl)no1. The summed E-state index contributed by atoms with van der Waals surface area (Å²) < 4.78 is 5.20. The summed E-state index contributed by atoms with van der Waals surface area (Å²) in [5.74, 6) is 0.646. The minimum absolute atomic E-state index is 0.177. The predicted molar refractivity (Wildman–Crippen MR) is 79.6 cm³/mol. The number of hydrogen-bond donors (Lipinski definition) is 1. The molecule has 0 saturated carbocycles. The fraction of sp³-hybridized carbons (Fsp3) is 0.286. The largest absolute Gasteiger partial charge is 0.359 e. The summed E-state index contributed by atoms with van der Waals surface area (Å²) in [6, 6.07) is 6.39. The lowest BCUT2D eigenvalue weighted by Crippen LogP contribution is -2.13. The van der Waals surface area contributed by atoms with Crippen LogP contribution < -0.4 is 5.32 Å². The zero-order valence-electron chi connectivity index (χ0n) is 11.3. The number of carbonyl (C=O) groups is 1. The molecule has 4 nitrogen and oxygen atoms in total. The van der Waals surface area contributed by atoms with Gasteiger partial charge in [0.25, 0.3) is 5.91 Å². The first-order valence-electron chi connectivity index (χ1n) is 6.01. The normalized spacial score (nSPS) is 11.4. The Bertz CT molecular complexity index is 645. The fourth-order valence-corrected chi connectivity index (χ4v) is 1.92. The van der Waals surface area contributed by atoms with Crippen molar-refractivity contribution in [3.63, 3.8) is 0 Å². The van der Waals surface area contributed by atoms with Crippen molar-refractivity contribution in [1.29, 1.82) is 0 Å². The summed E-state index contributed by atoms with van der Waals surface area (Å²) in [5, 5.41) is 7.21. The second-order valence-corrected chi connectivity index (χ2v) is 6.25. The van der Waals surface area contributed by atoms with E-state index in [9.17, 15) is 4.79 Å². The maximum Gasteiger partial charge on any atom is 0.258 e. The topological polar surface area (TPSA) is 55.1 Å². The molecule has 0 saturated heterocycles. The third-order valence-electron chi connectivity index (χ3n) is 2.66. The van der Waals surface area contributed by atoms with Crippen LogP contribution in [0.1, 0.15) is 36.9 Å². The highest BCUT2D eigenvalue weighted by Crippen LogP contribution is 2.25. The number of nitrogens with one attached hydrogen (secondary N) is 1. The van der Waals surface area contributed by atoms with E-state index in [1.165, 1.54) is 6.07 Å². The van der Waals surface area contributed by atoms with Crippen molar-refractivity contribution in [2.45, 2.75) is 26.2 Å². The van der Waals surface area contributed by atoms with E-state index in [4.69, 9.17) is 27.7 Å². The van der Waals surface area contributed by atoms with Gasteiger partial charge in [-0.3, -0.25) is 4.79 Å². The molecule has 2 aromatic rings. The highest BCUT2D eigenvalue weighted by atomic mass is 35.5. The monoisotopic (exact) mass is 312 g/mol. The fourth-order valence-electron chi connectivity index (χ4n) is 1.54. The number of amides is 1. The molecule has 0 unspecified atom stereocenters. The molecule has 6 heteroatoms. The van der Waals surface area contributed by atoms with Crippen LogP contribution in [0.3, 0.4) is 0 Å². The summed E-state index contributed by atoms with van der Waals surface area (Å²) in [6.07, 6.45) is 0. The number of anilines is 1. The summed E-state index contributed by atoms with van der Waals surface area (Å²) in [7, 11) is 0. The van der Waals surface area contributed by atoms with E-state index in [1.807, 2.05) is 20.8 Å². The molecular weight excluding hydrogens is 299 g/mol. The number of aromatic nitrogens is 1. The standard InChI is InChI=1S/C14H14Cl2N2O2/c1-14(2,3)11-7-12(18-20-11)17-13(19)9-6-8(15)4-5-10(9)16/h4-7H,1-3H3,(H,17,18,19). The Labute approximate surface area is 127 Å². The van der Waals surface area contributed by atoms with Gasteiger partial charge in [-0.25, -0.2) is 0 Å². The van der Waals surface area contributed by atoms with Crippen LogP contribution in [0.25, 0.3) is 0 Å². The third kappa shape index (κ3) is 3.32. The Morgan fingerprint density at radius 2 is 1.95 bits per heavy atom. The van der Waals surface area contributed by atoms with Gasteiger partial charge in [-0.1, -0.05) is 49.1 Å². The molecule has 0 spiro atoms. The molecule has 0 aliphatic carbocycles. The van der Waals surface area contributed by atoms with Crippen molar-refractivity contribution in [1.82, 2.24) is 5.16 Å². The van der Waals surface area contributed by atoms with Crippen molar-refractivity contribution < 1.29 is 9.32 Å². The van der Waals surface area contributed by atoms with Crippen LogP contribution in [-0.2, 0) is 5.41 Å². The average Bonchev–Trinajstić information content (AvgIpc) is 2.80. The minimum atomic E-state index is -0.383. The van der Waals surface area contributed by atoms with Crippen LogP contribution in [0.5, 0.6) is 0 Å². The van der Waals surface area contributed by atoms with Crippen LogP contribution in [0.2, 0.25) is 10.0 Å². The molecule has 1 aromatic heterocycles. The van der Waals surface area contributed by atoms with Crippen LogP contribution >= 0.6 is 23.2 Å². The lowest BCUT2D eigenvalue weighted by Gasteiger charge is -2.12. The number of benzene rings is 1.